The molecule has 1 aliphatic heterocycles. The summed E-state index contributed by atoms with van der Waals surface area (Å²) in [5.41, 5.74) is 0.300. The maximum Gasteiger partial charge on any atom is 0.416 e. The first-order chi connectivity index (χ1) is 14.3. The number of aromatic nitrogens is 3. The summed E-state index contributed by atoms with van der Waals surface area (Å²) in [6.45, 7) is 2.13. The van der Waals surface area contributed by atoms with Gasteiger partial charge in [-0.3, -0.25) is 9.59 Å². The molecule has 0 bridgehead atoms. The molecule has 3 heterocycles. The van der Waals surface area contributed by atoms with Crippen LogP contribution in [0.25, 0.3) is 0 Å². The van der Waals surface area contributed by atoms with E-state index in [0.717, 1.165) is 12.1 Å². The van der Waals surface area contributed by atoms with Gasteiger partial charge in [-0.05, 0) is 43.3 Å². The SMILES string of the molecule is C[C@H]1CN(c2ccc(C(F)(F)F)cc2)C(=O)c2c(C(=O)Nc3ccnnc3)ccn21. The third-order valence-corrected chi connectivity index (χ3v) is 4.88. The lowest BCUT2D eigenvalue weighted by Crippen LogP contribution is -2.43. The standard InChI is InChI=1S/C20H16F3N5O2/c1-12-11-28(15-4-2-13(3-5-15)20(21,22)23)19(30)17-16(7-9-27(12)17)18(29)26-14-6-8-24-25-10-14/h2-10,12H,11H2,1H3,(H,24,26,29)/t12-/m0/s1. The van der Waals surface area contributed by atoms with Crippen molar-refractivity contribution < 1.29 is 22.8 Å². The van der Waals surface area contributed by atoms with E-state index in [2.05, 4.69) is 15.5 Å². The first kappa shape index (κ1) is 19.6. The molecule has 1 aliphatic rings. The summed E-state index contributed by atoms with van der Waals surface area (Å²) in [6.07, 6.45) is -0.00894. The Kier molecular flexibility index (Phi) is 4.76. The van der Waals surface area contributed by atoms with Crippen LogP contribution in [0.2, 0.25) is 0 Å². The summed E-state index contributed by atoms with van der Waals surface area (Å²) in [5.74, 6) is -0.956. The Hall–Kier alpha value is -3.69. The Bertz CT molecular complexity index is 1090. The number of hydrogen-bond donors (Lipinski definition) is 1. The second-order valence-corrected chi connectivity index (χ2v) is 6.88. The predicted octanol–water partition coefficient (Wildman–Crippen LogP) is 3.77. The van der Waals surface area contributed by atoms with E-state index in [1.165, 1.54) is 29.4 Å². The molecule has 30 heavy (non-hydrogen) atoms. The van der Waals surface area contributed by atoms with Crippen LogP contribution in [0.1, 0.15) is 39.4 Å². The fraction of sp³-hybridized carbons (Fsp3) is 0.200. The van der Waals surface area contributed by atoms with E-state index in [0.29, 0.717) is 11.4 Å². The predicted molar refractivity (Wildman–Crippen MR) is 102 cm³/mol. The van der Waals surface area contributed by atoms with Crippen LogP contribution in [-0.4, -0.2) is 33.1 Å². The largest absolute Gasteiger partial charge is 0.416 e. The molecular formula is C20H16F3N5O2. The molecule has 1 N–H and O–H groups in total. The molecule has 2 aromatic heterocycles. The lowest BCUT2D eigenvalue weighted by molar-refractivity contribution is -0.137. The fourth-order valence-corrected chi connectivity index (χ4v) is 3.40. The number of alkyl halides is 3. The lowest BCUT2D eigenvalue weighted by atomic mass is 10.1. The van der Waals surface area contributed by atoms with Gasteiger partial charge in [0.1, 0.15) is 5.69 Å². The first-order valence-corrected chi connectivity index (χ1v) is 9.03. The summed E-state index contributed by atoms with van der Waals surface area (Å²) >= 11 is 0. The van der Waals surface area contributed by atoms with E-state index in [1.54, 1.807) is 22.9 Å². The number of anilines is 2. The van der Waals surface area contributed by atoms with E-state index >= 15 is 0 Å². The molecule has 0 unspecified atom stereocenters. The minimum atomic E-state index is -4.46. The van der Waals surface area contributed by atoms with Crippen molar-refractivity contribution >= 4 is 23.2 Å². The molecule has 1 aromatic carbocycles. The number of amides is 2. The normalized spacial score (nSPS) is 16.3. The van der Waals surface area contributed by atoms with Gasteiger partial charge >= 0.3 is 6.18 Å². The minimum Gasteiger partial charge on any atom is -0.338 e. The molecular weight excluding hydrogens is 399 g/mol. The third kappa shape index (κ3) is 3.51. The quantitative estimate of drug-likeness (QED) is 0.706. The van der Waals surface area contributed by atoms with Crippen LogP contribution in [0.5, 0.6) is 0 Å². The second-order valence-electron chi connectivity index (χ2n) is 6.88. The second kappa shape index (κ2) is 7.29. The Morgan fingerprint density at radius 1 is 1.13 bits per heavy atom. The number of nitrogens with one attached hydrogen (secondary N) is 1. The molecule has 2 amide bonds. The minimum absolute atomic E-state index is 0.167. The average Bonchev–Trinajstić information content (AvgIpc) is 3.17. The van der Waals surface area contributed by atoms with Crippen LogP contribution in [-0.2, 0) is 6.18 Å². The highest BCUT2D eigenvalue weighted by Crippen LogP contribution is 2.33. The zero-order valence-electron chi connectivity index (χ0n) is 15.7. The van der Waals surface area contributed by atoms with Gasteiger partial charge in [-0.1, -0.05) is 0 Å². The summed E-state index contributed by atoms with van der Waals surface area (Å²) < 4.78 is 40.2. The van der Waals surface area contributed by atoms with E-state index in [-0.39, 0.29) is 23.8 Å². The number of carbonyl (C=O) groups excluding carboxylic acids is 2. The number of hydrogen-bond acceptors (Lipinski definition) is 4. The number of nitrogens with zero attached hydrogens (tertiary/aromatic N) is 4. The third-order valence-electron chi connectivity index (χ3n) is 4.88. The Morgan fingerprint density at radius 3 is 2.50 bits per heavy atom. The zero-order valence-corrected chi connectivity index (χ0v) is 15.7. The summed E-state index contributed by atoms with van der Waals surface area (Å²) in [6, 6.07) is 7.32. The highest BCUT2D eigenvalue weighted by molar-refractivity contribution is 6.16. The smallest absolute Gasteiger partial charge is 0.338 e. The Labute approximate surface area is 169 Å². The van der Waals surface area contributed by atoms with Crippen LogP contribution < -0.4 is 10.2 Å². The van der Waals surface area contributed by atoms with Gasteiger partial charge in [0, 0.05) is 24.5 Å². The number of benzene rings is 1. The number of fused-ring (bicyclic) bond motifs is 1. The number of halogens is 3. The van der Waals surface area contributed by atoms with Crippen molar-refractivity contribution in [1.29, 1.82) is 0 Å². The van der Waals surface area contributed by atoms with Gasteiger partial charge in [-0.2, -0.15) is 23.4 Å². The molecule has 0 saturated carbocycles. The van der Waals surface area contributed by atoms with Crippen LogP contribution >= 0.6 is 0 Å². The molecule has 0 radical (unpaired) electrons. The average molecular weight is 415 g/mol. The molecule has 1 atom stereocenters. The zero-order chi connectivity index (χ0) is 21.5. The van der Waals surface area contributed by atoms with E-state index < -0.39 is 23.6 Å². The molecule has 0 spiro atoms. The molecule has 10 heteroatoms. The molecule has 0 saturated heterocycles. The topological polar surface area (TPSA) is 80.1 Å². The number of rotatable bonds is 3. The van der Waals surface area contributed by atoms with Gasteiger partial charge < -0.3 is 14.8 Å². The maximum absolute atomic E-state index is 13.2. The Balaban J connectivity index is 1.65. The molecule has 154 valence electrons. The lowest BCUT2D eigenvalue weighted by Gasteiger charge is -2.33. The molecule has 0 aliphatic carbocycles. The Morgan fingerprint density at radius 2 is 1.87 bits per heavy atom. The first-order valence-electron chi connectivity index (χ1n) is 9.03. The maximum atomic E-state index is 13.2. The monoisotopic (exact) mass is 415 g/mol. The van der Waals surface area contributed by atoms with Gasteiger partial charge in [0.2, 0.25) is 0 Å². The summed E-state index contributed by atoms with van der Waals surface area (Å²) in [4.78, 5) is 27.3. The van der Waals surface area contributed by atoms with Crippen LogP contribution in [0, 0.1) is 0 Å². The van der Waals surface area contributed by atoms with Gasteiger partial charge in [-0.25, -0.2) is 0 Å². The van der Waals surface area contributed by atoms with E-state index in [4.69, 9.17) is 0 Å². The molecule has 3 aromatic rings. The van der Waals surface area contributed by atoms with Crippen molar-refractivity contribution in [3.8, 4) is 0 Å². The number of carbonyl (C=O) groups is 2. The van der Waals surface area contributed by atoms with Crippen molar-refractivity contribution in [2.45, 2.75) is 19.1 Å². The van der Waals surface area contributed by atoms with E-state index in [9.17, 15) is 22.8 Å². The van der Waals surface area contributed by atoms with Crippen molar-refractivity contribution in [3.05, 3.63) is 71.8 Å². The summed E-state index contributed by atoms with van der Waals surface area (Å²) in [5, 5.41) is 9.98. The highest BCUT2D eigenvalue weighted by Gasteiger charge is 2.35. The van der Waals surface area contributed by atoms with Crippen molar-refractivity contribution in [2.24, 2.45) is 0 Å². The van der Waals surface area contributed by atoms with Gasteiger partial charge in [0.25, 0.3) is 11.8 Å². The summed E-state index contributed by atoms with van der Waals surface area (Å²) in [7, 11) is 0. The molecule has 7 nitrogen and oxygen atoms in total. The molecule has 0 fully saturated rings. The van der Waals surface area contributed by atoms with E-state index in [1.807, 2.05) is 6.92 Å². The van der Waals surface area contributed by atoms with Gasteiger partial charge in [-0.15, -0.1) is 0 Å². The van der Waals surface area contributed by atoms with Gasteiger partial charge in [0.05, 0.1) is 29.2 Å². The van der Waals surface area contributed by atoms with Crippen LogP contribution in [0.3, 0.4) is 0 Å². The fourth-order valence-electron chi connectivity index (χ4n) is 3.40. The van der Waals surface area contributed by atoms with Crippen LogP contribution in [0.15, 0.2) is 55.0 Å². The van der Waals surface area contributed by atoms with Gasteiger partial charge in [0.15, 0.2) is 0 Å². The van der Waals surface area contributed by atoms with Crippen molar-refractivity contribution in [2.75, 3.05) is 16.8 Å². The van der Waals surface area contributed by atoms with Crippen molar-refractivity contribution in [3.63, 3.8) is 0 Å². The highest BCUT2D eigenvalue weighted by atomic mass is 19.4. The van der Waals surface area contributed by atoms with Crippen molar-refractivity contribution in [1.82, 2.24) is 14.8 Å². The molecule has 4 rings (SSSR count). The van der Waals surface area contributed by atoms with Crippen LogP contribution in [0.4, 0.5) is 24.5 Å².